The first-order valence-corrected chi connectivity index (χ1v) is 8.01. The summed E-state index contributed by atoms with van der Waals surface area (Å²) in [5, 5.41) is 29.1. The van der Waals surface area contributed by atoms with Crippen molar-refractivity contribution in [3.05, 3.63) is 69.0 Å². The summed E-state index contributed by atoms with van der Waals surface area (Å²) >= 11 is 0. The van der Waals surface area contributed by atoms with Crippen LogP contribution in [0.4, 0.5) is 0 Å². The second kappa shape index (κ2) is 7.32. The highest BCUT2D eigenvalue weighted by molar-refractivity contribution is 5.14. The first-order valence-electron chi connectivity index (χ1n) is 8.01. The highest BCUT2D eigenvalue weighted by Crippen LogP contribution is 2.27. The Balaban J connectivity index is 1.88. The van der Waals surface area contributed by atoms with E-state index in [4.69, 9.17) is 9.84 Å². The summed E-state index contributed by atoms with van der Waals surface area (Å²) in [6.45, 7) is -0.311. The molecule has 1 aromatic heterocycles. The lowest BCUT2D eigenvalue weighted by atomic mass is 10.1. The van der Waals surface area contributed by atoms with Crippen LogP contribution in [0.25, 0.3) is 0 Å². The van der Waals surface area contributed by atoms with Crippen LogP contribution in [0.5, 0.6) is 0 Å². The molecule has 1 aromatic carbocycles. The number of benzene rings is 1. The van der Waals surface area contributed by atoms with Crippen LogP contribution in [-0.4, -0.2) is 49.4 Å². The number of rotatable bonds is 5. The normalized spacial score (nSPS) is 26.0. The molecule has 0 aliphatic carbocycles. The molecule has 0 amide bonds. The fourth-order valence-electron chi connectivity index (χ4n) is 2.93. The largest absolute Gasteiger partial charge is 0.394 e. The second-order valence-electron chi connectivity index (χ2n) is 5.96. The SMILES string of the molecule is O=c1ccn(C2OC(CO)C(O)C2O)c(=O)n1CCc1ccccc1. The molecular weight excluding hydrogens is 328 g/mol. The van der Waals surface area contributed by atoms with E-state index in [1.54, 1.807) is 0 Å². The number of aromatic nitrogens is 2. The Morgan fingerprint density at radius 1 is 1.04 bits per heavy atom. The molecule has 4 atom stereocenters. The Bertz CT molecular complexity index is 831. The summed E-state index contributed by atoms with van der Waals surface area (Å²) in [4.78, 5) is 24.7. The lowest BCUT2D eigenvalue weighted by Crippen LogP contribution is -2.43. The number of aryl methyl sites for hydroxylation is 1. The molecule has 2 aromatic rings. The molecule has 134 valence electrons. The average Bonchev–Trinajstić information content (AvgIpc) is 2.91. The third-order valence-corrected chi connectivity index (χ3v) is 4.35. The smallest absolute Gasteiger partial charge is 0.333 e. The fraction of sp³-hybridized carbons (Fsp3) is 0.412. The molecular formula is C17H20N2O6. The Kier molecular flexibility index (Phi) is 5.14. The van der Waals surface area contributed by atoms with Crippen LogP contribution in [0.1, 0.15) is 11.8 Å². The summed E-state index contributed by atoms with van der Waals surface area (Å²) in [6.07, 6.45) is -3.12. The molecule has 0 bridgehead atoms. The lowest BCUT2D eigenvalue weighted by Gasteiger charge is -2.18. The van der Waals surface area contributed by atoms with Crippen LogP contribution < -0.4 is 11.2 Å². The average molecular weight is 348 g/mol. The molecule has 1 aliphatic heterocycles. The zero-order valence-corrected chi connectivity index (χ0v) is 13.4. The summed E-state index contributed by atoms with van der Waals surface area (Å²) in [5.74, 6) is 0. The van der Waals surface area contributed by atoms with E-state index >= 15 is 0 Å². The van der Waals surface area contributed by atoms with Gasteiger partial charge < -0.3 is 20.1 Å². The zero-order valence-electron chi connectivity index (χ0n) is 13.4. The first-order chi connectivity index (χ1) is 12.0. The number of aliphatic hydroxyl groups is 3. The van der Waals surface area contributed by atoms with E-state index in [9.17, 15) is 19.8 Å². The van der Waals surface area contributed by atoms with Gasteiger partial charge in [-0.25, -0.2) is 4.79 Å². The molecule has 8 heteroatoms. The first kappa shape index (κ1) is 17.6. The van der Waals surface area contributed by atoms with E-state index in [2.05, 4.69) is 0 Å². The van der Waals surface area contributed by atoms with E-state index < -0.39 is 42.4 Å². The molecule has 2 heterocycles. The van der Waals surface area contributed by atoms with Crippen molar-refractivity contribution in [2.45, 2.75) is 37.5 Å². The molecule has 1 saturated heterocycles. The van der Waals surface area contributed by atoms with Gasteiger partial charge in [0.1, 0.15) is 18.3 Å². The molecule has 1 fully saturated rings. The van der Waals surface area contributed by atoms with Gasteiger partial charge in [-0.05, 0) is 12.0 Å². The van der Waals surface area contributed by atoms with Crippen molar-refractivity contribution in [3.63, 3.8) is 0 Å². The predicted octanol–water partition coefficient (Wildman–Crippen LogP) is -1.14. The molecule has 1 aliphatic rings. The van der Waals surface area contributed by atoms with Crippen LogP contribution in [0.2, 0.25) is 0 Å². The minimum atomic E-state index is -1.38. The molecule has 3 rings (SSSR count). The topological polar surface area (TPSA) is 114 Å². The zero-order chi connectivity index (χ0) is 18.0. The Hall–Kier alpha value is -2.26. The van der Waals surface area contributed by atoms with Crippen LogP contribution in [0.3, 0.4) is 0 Å². The lowest BCUT2D eigenvalue weighted by molar-refractivity contribution is -0.0556. The molecule has 0 saturated carbocycles. The fourth-order valence-corrected chi connectivity index (χ4v) is 2.93. The molecule has 0 radical (unpaired) electrons. The van der Waals surface area contributed by atoms with Gasteiger partial charge in [0.15, 0.2) is 6.23 Å². The number of hydrogen-bond donors (Lipinski definition) is 3. The van der Waals surface area contributed by atoms with E-state index in [-0.39, 0.29) is 6.54 Å². The van der Waals surface area contributed by atoms with Crippen molar-refractivity contribution < 1.29 is 20.1 Å². The Morgan fingerprint density at radius 2 is 1.76 bits per heavy atom. The number of ether oxygens (including phenoxy) is 1. The minimum absolute atomic E-state index is 0.178. The van der Waals surface area contributed by atoms with E-state index in [1.165, 1.54) is 12.3 Å². The monoisotopic (exact) mass is 348 g/mol. The van der Waals surface area contributed by atoms with Crippen LogP contribution in [-0.2, 0) is 17.7 Å². The summed E-state index contributed by atoms with van der Waals surface area (Å²) in [5.41, 5.74) is -0.112. The van der Waals surface area contributed by atoms with Crippen molar-refractivity contribution in [2.75, 3.05) is 6.61 Å². The van der Waals surface area contributed by atoms with Crippen molar-refractivity contribution in [3.8, 4) is 0 Å². The summed E-state index contributed by atoms with van der Waals surface area (Å²) in [6, 6.07) is 10.6. The van der Waals surface area contributed by atoms with Gasteiger partial charge in [-0.2, -0.15) is 0 Å². The maximum atomic E-state index is 12.6. The molecule has 4 unspecified atom stereocenters. The van der Waals surface area contributed by atoms with Crippen LogP contribution in [0, 0.1) is 0 Å². The van der Waals surface area contributed by atoms with E-state index in [1.807, 2.05) is 30.3 Å². The maximum absolute atomic E-state index is 12.6. The minimum Gasteiger partial charge on any atom is -0.394 e. The maximum Gasteiger partial charge on any atom is 0.333 e. The van der Waals surface area contributed by atoms with Gasteiger partial charge in [0.25, 0.3) is 5.56 Å². The van der Waals surface area contributed by atoms with Gasteiger partial charge in [0, 0.05) is 18.8 Å². The number of hydrogen-bond acceptors (Lipinski definition) is 6. The van der Waals surface area contributed by atoms with Gasteiger partial charge >= 0.3 is 5.69 Å². The van der Waals surface area contributed by atoms with Crippen molar-refractivity contribution in [1.82, 2.24) is 9.13 Å². The van der Waals surface area contributed by atoms with Gasteiger partial charge in [-0.3, -0.25) is 13.9 Å². The van der Waals surface area contributed by atoms with Gasteiger partial charge in [-0.1, -0.05) is 30.3 Å². The predicted molar refractivity (Wildman–Crippen MR) is 88.1 cm³/mol. The van der Waals surface area contributed by atoms with E-state index in [0.29, 0.717) is 6.42 Å². The molecule has 3 N–H and O–H groups in total. The molecule has 25 heavy (non-hydrogen) atoms. The van der Waals surface area contributed by atoms with E-state index in [0.717, 1.165) is 14.7 Å². The highest BCUT2D eigenvalue weighted by atomic mass is 16.6. The Morgan fingerprint density at radius 3 is 2.40 bits per heavy atom. The Labute approximate surface area is 143 Å². The van der Waals surface area contributed by atoms with Crippen molar-refractivity contribution in [2.24, 2.45) is 0 Å². The number of aliphatic hydroxyl groups excluding tert-OH is 3. The number of nitrogens with zero attached hydrogens (tertiary/aromatic N) is 2. The van der Waals surface area contributed by atoms with Gasteiger partial charge in [-0.15, -0.1) is 0 Å². The summed E-state index contributed by atoms with van der Waals surface area (Å²) in [7, 11) is 0. The molecule has 8 nitrogen and oxygen atoms in total. The highest BCUT2D eigenvalue weighted by Gasteiger charge is 2.43. The third-order valence-electron chi connectivity index (χ3n) is 4.35. The van der Waals surface area contributed by atoms with Crippen molar-refractivity contribution >= 4 is 0 Å². The molecule has 0 spiro atoms. The van der Waals surface area contributed by atoms with Gasteiger partial charge in [0.05, 0.1) is 6.61 Å². The third kappa shape index (κ3) is 3.42. The van der Waals surface area contributed by atoms with Crippen LogP contribution in [0.15, 0.2) is 52.2 Å². The standard InChI is InChI=1S/C17H20N2O6/c20-10-12-14(22)15(23)16(25-12)19-9-7-13(21)18(17(19)24)8-6-11-4-2-1-3-5-11/h1-5,7,9,12,14-16,20,22-23H,6,8,10H2. The quantitative estimate of drug-likeness (QED) is 0.630. The van der Waals surface area contributed by atoms with Crippen LogP contribution >= 0.6 is 0 Å². The van der Waals surface area contributed by atoms with Crippen molar-refractivity contribution in [1.29, 1.82) is 0 Å². The summed E-state index contributed by atoms with van der Waals surface area (Å²) < 4.78 is 7.48. The van der Waals surface area contributed by atoms with Gasteiger partial charge in [0.2, 0.25) is 0 Å². The second-order valence-corrected chi connectivity index (χ2v) is 5.96.